The van der Waals surface area contributed by atoms with Gasteiger partial charge in [-0.15, -0.1) is 0 Å². The van der Waals surface area contributed by atoms with Gasteiger partial charge in [-0.1, -0.05) is 18.2 Å². The van der Waals surface area contributed by atoms with Crippen LogP contribution in [-0.4, -0.2) is 29.0 Å². The van der Waals surface area contributed by atoms with Gasteiger partial charge in [-0.2, -0.15) is 0 Å². The van der Waals surface area contributed by atoms with Crippen LogP contribution in [0.5, 0.6) is 0 Å². The number of anilines is 9. The fourth-order valence-corrected chi connectivity index (χ4v) is 14.5. The van der Waals surface area contributed by atoms with Crippen LogP contribution in [0.3, 0.4) is 0 Å². The monoisotopic (exact) mass is 1040 g/mol. The number of hydrogen-bond acceptors (Lipinski definition) is 3. The molecule has 13 rings (SSSR count). The molecule has 0 bridgehead atoms. The summed E-state index contributed by atoms with van der Waals surface area (Å²) < 4.78 is 5.82. The van der Waals surface area contributed by atoms with Gasteiger partial charge in [0.05, 0.1) is 0 Å². The third kappa shape index (κ3) is 8.26. The van der Waals surface area contributed by atoms with E-state index in [0.29, 0.717) is 29.0 Å². The molecule has 0 aliphatic rings. The van der Waals surface area contributed by atoms with E-state index in [0.717, 1.165) is 51.2 Å². The molecule has 0 unspecified atom stereocenters. The van der Waals surface area contributed by atoms with Crippen LogP contribution in [0.25, 0.3) is 60.8 Å². The Morgan fingerprint density at radius 3 is 0.746 bits per heavy atom. The Morgan fingerprint density at radius 2 is 0.423 bits per heavy atom. The van der Waals surface area contributed by atoms with Crippen LogP contribution in [0.2, 0.25) is 0 Å². The van der Waals surface area contributed by atoms with Crippen LogP contribution in [0.15, 0.2) is 273 Å². The van der Waals surface area contributed by atoms with Gasteiger partial charge in [-0.05, 0) is 12.1 Å². The predicted octanol–water partition coefficient (Wildman–Crippen LogP) is 18.2. The Labute approximate surface area is 425 Å². The third-order valence-electron chi connectivity index (χ3n) is 13.4. The smallest absolute Gasteiger partial charge is 0.0602 e. The normalized spacial score (nSPS) is 11.4. The zero-order valence-corrected chi connectivity index (χ0v) is 42.1. The van der Waals surface area contributed by atoms with E-state index in [9.17, 15) is 0 Å². The molecule has 0 saturated carbocycles. The second-order valence-corrected chi connectivity index (χ2v) is 22.3. The zero-order chi connectivity index (χ0) is 47.1. The SMILES string of the molecule is c1ccc(N(c2ccc(-c3ccc(N(c4ccccc4)c4ccc5[se]c6ccccc6c5c4)cc3)cc2)c2ccc(-c3ccc(N(c4ccccc4)c4ccc5[se]c6ccccc6c5c4)cc3)cc2)cc1. The van der Waals surface area contributed by atoms with Crippen LogP contribution < -0.4 is 14.7 Å². The second-order valence-electron chi connectivity index (χ2n) is 17.8. The van der Waals surface area contributed by atoms with Gasteiger partial charge in [0, 0.05) is 17.1 Å². The maximum absolute atomic E-state index is 2.38. The van der Waals surface area contributed by atoms with Crippen molar-refractivity contribution in [1.82, 2.24) is 0 Å². The van der Waals surface area contributed by atoms with E-state index in [1.807, 2.05) is 0 Å². The molecule has 0 aliphatic carbocycles. The molecule has 0 fully saturated rings. The molecular formula is C66H45N3Se2. The molecular weight excluding hydrogens is 993 g/mol. The van der Waals surface area contributed by atoms with Gasteiger partial charge in [0.25, 0.3) is 0 Å². The van der Waals surface area contributed by atoms with Gasteiger partial charge in [0.15, 0.2) is 0 Å². The average Bonchev–Trinajstić information content (AvgIpc) is 4.01. The maximum atomic E-state index is 2.38. The fourth-order valence-electron chi connectivity index (χ4n) is 9.99. The number of fused-ring (bicyclic) bond motifs is 6. The molecule has 5 heteroatoms. The van der Waals surface area contributed by atoms with Crippen molar-refractivity contribution in [3.05, 3.63) is 273 Å². The van der Waals surface area contributed by atoms with Crippen molar-refractivity contribution in [2.75, 3.05) is 14.7 Å². The van der Waals surface area contributed by atoms with Crippen LogP contribution in [0.4, 0.5) is 51.2 Å². The van der Waals surface area contributed by atoms with Gasteiger partial charge < -0.3 is 4.90 Å². The summed E-state index contributed by atoms with van der Waals surface area (Å²) >= 11 is 0.671. The second kappa shape index (κ2) is 18.6. The van der Waals surface area contributed by atoms with E-state index in [-0.39, 0.29) is 0 Å². The van der Waals surface area contributed by atoms with Crippen molar-refractivity contribution in [2.24, 2.45) is 0 Å². The summed E-state index contributed by atoms with van der Waals surface area (Å²) in [6.45, 7) is 0. The molecule has 0 saturated heterocycles. The predicted molar refractivity (Wildman–Crippen MR) is 305 cm³/mol. The molecule has 13 aromatic rings. The Hall–Kier alpha value is -8.14. The minimum atomic E-state index is 0.336. The van der Waals surface area contributed by atoms with E-state index < -0.39 is 0 Å². The average molecular weight is 1040 g/mol. The summed E-state index contributed by atoms with van der Waals surface area (Å²) in [4.78, 5) is 7.07. The molecule has 0 N–H and O–H groups in total. The van der Waals surface area contributed by atoms with Crippen molar-refractivity contribution in [3.63, 3.8) is 0 Å². The van der Waals surface area contributed by atoms with E-state index in [1.165, 1.54) is 60.8 Å². The first-order valence-corrected chi connectivity index (χ1v) is 27.4. The molecule has 0 spiro atoms. The van der Waals surface area contributed by atoms with Crippen molar-refractivity contribution in [2.45, 2.75) is 0 Å². The first kappa shape index (κ1) is 42.9. The Bertz CT molecular complexity index is 3720. The van der Waals surface area contributed by atoms with Crippen LogP contribution in [-0.2, 0) is 0 Å². The third-order valence-corrected chi connectivity index (χ3v) is 18.3. The Balaban J connectivity index is 0.775. The van der Waals surface area contributed by atoms with Crippen LogP contribution >= 0.6 is 0 Å². The van der Waals surface area contributed by atoms with Crippen molar-refractivity contribution in [3.8, 4) is 22.3 Å². The van der Waals surface area contributed by atoms with E-state index in [1.54, 1.807) is 0 Å². The molecule has 2 aromatic heterocycles. The number of nitrogens with zero attached hydrogens (tertiary/aromatic N) is 3. The summed E-state index contributed by atoms with van der Waals surface area (Å²) in [5.74, 6) is 0. The molecule has 3 nitrogen and oxygen atoms in total. The minimum absolute atomic E-state index is 0.336. The molecule has 0 amide bonds. The van der Waals surface area contributed by atoms with Gasteiger partial charge in [0.2, 0.25) is 0 Å². The summed E-state index contributed by atoms with van der Waals surface area (Å²) in [5, 5.41) is 5.44. The van der Waals surface area contributed by atoms with Gasteiger partial charge >= 0.3 is 376 Å². The Kier molecular flexibility index (Phi) is 11.3. The summed E-state index contributed by atoms with van der Waals surface area (Å²) in [6.07, 6.45) is 0. The van der Waals surface area contributed by atoms with E-state index in [4.69, 9.17) is 0 Å². The first-order chi connectivity index (χ1) is 35.2. The van der Waals surface area contributed by atoms with Crippen LogP contribution in [0.1, 0.15) is 0 Å². The molecule has 336 valence electrons. The van der Waals surface area contributed by atoms with Crippen LogP contribution in [0, 0.1) is 0 Å². The molecule has 0 aliphatic heterocycles. The number of hydrogen-bond donors (Lipinski definition) is 0. The molecule has 0 radical (unpaired) electrons. The number of para-hydroxylation sites is 3. The van der Waals surface area contributed by atoms with E-state index >= 15 is 0 Å². The van der Waals surface area contributed by atoms with Crippen molar-refractivity contribution in [1.29, 1.82) is 0 Å². The number of rotatable bonds is 11. The summed E-state index contributed by atoms with van der Waals surface area (Å²) in [5.41, 5.74) is 14.8. The van der Waals surface area contributed by atoms with Crippen molar-refractivity contribution >= 4 is 119 Å². The summed E-state index contributed by atoms with van der Waals surface area (Å²) in [6, 6.07) is 99.7. The molecule has 0 atom stereocenters. The quantitative estimate of drug-likeness (QED) is 0.120. The number of benzene rings is 11. The van der Waals surface area contributed by atoms with Gasteiger partial charge in [0.1, 0.15) is 0 Å². The summed E-state index contributed by atoms with van der Waals surface area (Å²) in [7, 11) is 0. The fraction of sp³-hybridized carbons (Fsp3) is 0. The van der Waals surface area contributed by atoms with Gasteiger partial charge in [-0.25, -0.2) is 0 Å². The molecule has 11 aromatic carbocycles. The Morgan fingerprint density at radius 1 is 0.183 bits per heavy atom. The molecule has 71 heavy (non-hydrogen) atoms. The zero-order valence-electron chi connectivity index (χ0n) is 38.6. The minimum Gasteiger partial charge on any atom is -0.0602 e. The standard InChI is InChI=1S/C66H45N3Se2/c1-4-14-50(15-5-1)67(53-32-24-46(25-33-53)48-28-36-55(37-29-48)68(51-16-6-2-7-17-51)57-40-42-65-61(44-57)59-20-10-12-22-63(59)70-65)54-34-26-47(27-35-54)49-30-38-56(39-31-49)69(52-18-8-3-9-19-52)58-41-43-66-62(45-58)60-21-11-13-23-64(60)71-66/h1-45H. The first-order valence-electron chi connectivity index (χ1n) is 24.0. The topological polar surface area (TPSA) is 9.72 Å². The molecule has 2 heterocycles. The van der Waals surface area contributed by atoms with E-state index in [2.05, 4.69) is 288 Å². The van der Waals surface area contributed by atoms with Gasteiger partial charge in [-0.3, -0.25) is 0 Å². The van der Waals surface area contributed by atoms with Crippen molar-refractivity contribution < 1.29 is 0 Å².